The van der Waals surface area contributed by atoms with E-state index in [1.165, 1.54) is 23.3 Å². The Morgan fingerprint density at radius 2 is 1.59 bits per heavy atom. The Kier molecular flexibility index (Phi) is 9.92. The minimum Gasteiger partial charge on any atom is -0.332 e. The summed E-state index contributed by atoms with van der Waals surface area (Å²) < 4.78 is 0. The molecule has 1 fully saturated rings. The number of thiophene rings is 1. The first kappa shape index (κ1) is 27.1. The van der Waals surface area contributed by atoms with E-state index in [-0.39, 0.29) is 24.3 Å². The summed E-state index contributed by atoms with van der Waals surface area (Å²) in [5.74, 6) is -0.197. The molecule has 1 aliphatic heterocycles. The van der Waals surface area contributed by atoms with Crippen LogP contribution in [0, 0.1) is 6.92 Å². The lowest BCUT2D eigenvalue weighted by Crippen LogP contribution is -2.46. The van der Waals surface area contributed by atoms with Crippen molar-refractivity contribution in [2.45, 2.75) is 52.1 Å². The van der Waals surface area contributed by atoms with Gasteiger partial charge in [0.25, 0.3) is 0 Å². The minimum atomic E-state index is -0.241. The maximum atomic E-state index is 13.9. The van der Waals surface area contributed by atoms with Crippen molar-refractivity contribution < 1.29 is 9.59 Å². The second-order valence-electron chi connectivity index (χ2n) is 9.94. The molecule has 4 rings (SSSR count). The molecular weight excluding hydrogens is 478 g/mol. The van der Waals surface area contributed by atoms with Crippen molar-refractivity contribution in [1.82, 2.24) is 14.7 Å². The molecule has 1 aromatic heterocycles. The van der Waals surface area contributed by atoms with E-state index in [2.05, 4.69) is 42.3 Å². The van der Waals surface area contributed by atoms with Crippen LogP contribution in [-0.4, -0.2) is 59.2 Å². The zero-order chi connectivity index (χ0) is 26.0. The summed E-state index contributed by atoms with van der Waals surface area (Å²) in [4.78, 5) is 35.1. The van der Waals surface area contributed by atoms with E-state index in [4.69, 9.17) is 0 Å². The number of aryl methyl sites for hydroxylation is 1. The minimum absolute atomic E-state index is 0.00524. The van der Waals surface area contributed by atoms with Crippen LogP contribution in [0.1, 0.15) is 53.7 Å². The van der Waals surface area contributed by atoms with Gasteiger partial charge in [-0.25, -0.2) is 0 Å². The molecule has 37 heavy (non-hydrogen) atoms. The molecule has 0 radical (unpaired) electrons. The van der Waals surface area contributed by atoms with E-state index >= 15 is 0 Å². The fourth-order valence-electron chi connectivity index (χ4n) is 5.03. The number of carbonyl (C=O) groups excluding carboxylic acids is 2. The molecule has 2 heterocycles. The van der Waals surface area contributed by atoms with Crippen LogP contribution in [-0.2, 0) is 22.7 Å². The second-order valence-corrected chi connectivity index (χ2v) is 10.9. The van der Waals surface area contributed by atoms with Gasteiger partial charge in [0, 0.05) is 24.5 Å². The molecule has 0 spiro atoms. The number of rotatable bonds is 12. The number of carbonyl (C=O) groups is 2. The highest BCUT2D eigenvalue weighted by atomic mass is 32.1. The average molecular weight is 518 g/mol. The molecule has 0 aliphatic carbocycles. The quantitative estimate of drug-likeness (QED) is 0.309. The lowest BCUT2D eigenvalue weighted by Gasteiger charge is -2.31. The van der Waals surface area contributed by atoms with Crippen LogP contribution in [0.5, 0.6) is 0 Å². The Morgan fingerprint density at radius 1 is 0.919 bits per heavy atom. The molecule has 2 aromatic carbocycles. The van der Waals surface area contributed by atoms with Crippen LogP contribution in [0.2, 0.25) is 0 Å². The van der Waals surface area contributed by atoms with Gasteiger partial charge in [-0.2, -0.15) is 0 Å². The lowest BCUT2D eigenvalue weighted by molar-refractivity contribution is -0.142. The van der Waals surface area contributed by atoms with Gasteiger partial charge in [-0.15, -0.1) is 11.3 Å². The summed E-state index contributed by atoms with van der Waals surface area (Å²) >= 11 is 1.68. The maximum Gasteiger partial charge on any atom is 0.242 e. The predicted octanol–water partition coefficient (Wildman–Crippen LogP) is 5.70. The largest absolute Gasteiger partial charge is 0.332 e. The molecule has 1 atom stereocenters. The normalized spacial score (nSPS) is 14.4. The molecular formula is C31H39N3O2S. The van der Waals surface area contributed by atoms with Crippen LogP contribution >= 0.6 is 11.3 Å². The molecule has 1 aliphatic rings. The Morgan fingerprint density at radius 3 is 2.22 bits per heavy atom. The SMILES string of the molecule is CCC(C(=O)N(CCN1CCCC1)CC(=O)N(Cc1ccccc1)Cc1sccc1C)c1ccccc1. The highest BCUT2D eigenvalue weighted by Gasteiger charge is 2.28. The van der Waals surface area contributed by atoms with Crippen LogP contribution in [0.15, 0.2) is 72.1 Å². The van der Waals surface area contributed by atoms with Crippen molar-refractivity contribution in [1.29, 1.82) is 0 Å². The Labute approximate surface area is 225 Å². The number of benzene rings is 2. The topological polar surface area (TPSA) is 43.9 Å². The number of amides is 2. The number of hydrogen-bond acceptors (Lipinski definition) is 4. The van der Waals surface area contributed by atoms with Crippen molar-refractivity contribution in [3.63, 3.8) is 0 Å². The summed E-state index contributed by atoms with van der Waals surface area (Å²) in [6, 6.07) is 22.2. The van der Waals surface area contributed by atoms with Crippen molar-refractivity contribution in [3.8, 4) is 0 Å². The van der Waals surface area contributed by atoms with E-state index in [1.54, 1.807) is 11.3 Å². The average Bonchev–Trinajstić information content (AvgIpc) is 3.59. The van der Waals surface area contributed by atoms with Crippen molar-refractivity contribution in [2.75, 3.05) is 32.7 Å². The Bertz CT molecular complexity index is 1130. The van der Waals surface area contributed by atoms with E-state index in [9.17, 15) is 9.59 Å². The zero-order valence-electron chi connectivity index (χ0n) is 22.1. The van der Waals surface area contributed by atoms with Crippen LogP contribution in [0.3, 0.4) is 0 Å². The second kappa shape index (κ2) is 13.5. The third kappa shape index (κ3) is 7.53. The van der Waals surface area contributed by atoms with Crippen LogP contribution in [0.25, 0.3) is 0 Å². The van der Waals surface area contributed by atoms with E-state index in [0.717, 1.165) is 30.8 Å². The van der Waals surface area contributed by atoms with Gasteiger partial charge in [-0.3, -0.25) is 9.59 Å². The first-order valence-electron chi connectivity index (χ1n) is 13.5. The van der Waals surface area contributed by atoms with Crippen molar-refractivity contribution >= 4 is 23.2 Å². The molecule has 6 heteroatoms. The fourth-order valence-corrected chi connectivity index (χ4v) is 5.95. The van der Waals surface area contributed by atoms with Crippen LogP contribution in [0.4, 0.5) is 0 Å². The van der Waals surface area contributed by atoms with Gasteiger partial charge >= 0.3 is 0 Å². The Hall–Kier alpha value is -2.96. The molecule has 5 nitrogen and oxygen atoms in total. The Balaban J connectivity index is 1.55. The van der Waals surface area contributed by atoms with Crippen molar-refractivity contribution in [3.05, 3.63) is 93.7 Å². The third-order valence-corrected chi connectivity index (χ3v) is 8.31. The lowest BCUT2D eigenvalue weighted by atomic mass is 9.95. The van der Waals surface area contributed by atoms with Gasteiger partial charge in [-0.1, -0.05) is 67.6 Å². The summed E-state index contributed by atoms with van der Waals surface area (Å²) in [5.41, 5.74) is 3.31. The van der Waals surface area contributed by atoms with Gasteiger partial charge in [0.2, 0.25) is 11.8 Å². The molecule has 196 valence electrons. The van der Waals surface area contributed by atoms with E-state index in [0.29, 0.717) is 26.1 Å². The first-order chi connectivity index (χ1) is 18.0. The van der Waals surface area contributed by atoms with E-state index in [1.807, 2.05) is 58.3 Å². The van der Waals surface area contributed by atoms with Gasteiger partial charge in [-0.05, 0) is 67.4 Å². The van der Waals surface area contributed by atoms with Crippen LogP contribution < -0.4 is 0 Å². The van der Waals surface area contributed by atoms with Crippen molar-refractivity contribution in [2.24, 2.45) is 0 Å². The smallest absolute Gasteiger partial charge is 0.242 e. The summed E-state index contributed by atoms with van der Waals surface area (Å²) in [7, 11) is 0. The fraction of sp³-hybridized carbons (Fsp3) is 0.419. The predicted molar refractivity (Wildman–Crippen MR) is 151 cm³/mol. The standard InChI is InChI=1S/C31H39N3O2S/c1-3-28(27-14-8-5-9-15-27)31(36)33(20-19-32-17-10-11-18-32)24-30(35)34(22-26-12-6-4-7-13-26)23-29-25(2)16-21-37-29/h4-9,12-16,21,28H,3,10-11,17-20,22-24H2,1-2H3. The number of hydrogen-bond donors (Lipinski definition) is 0. The van der Waals surface area contributed by atoms with Gasteiger partial charge in [0.15, 0.2) is 0 Å². The third-order valence-electron chi connectivity index (χ3n) is 7.30. The molecule has 3 aromatic rings. The molecule has 2 amide bonds. The van der Waals surface area contributed by atoms with Gasteiger partial charge < -0.3 is 14.7 Å². The first-order valence-corrected chi connectivity index (χ1v) is 14.3. The summed E-state index contributed by atoms with van der Waals surface area (Å²) in [6.07, 6.45) is 3.12. The highest BCUT2D eigenvalue weighted by molar-refractivity contribution is 7.10. The maximum absolute atomic E-state index is 13.9. The molecule has 0 bridgehead atoms. The monoisotopic (exact) mass is 517 g/mol. The zero-order valence-corrected chi connectivity index (χ0v) is 23.0. The van der Waals surface area contributed by atoms with Gasteiger partial charge in [0.1, 0.15) is 0 Å². The molecule has 1 unspecified atom stereocenters. The molecule has 0 saturated carbocycles. The summed E-state index contributed by atoms with van der Waals surface area (Å²) in [6.45, 7) is 8.87. The highest BCUT2D eigenvalue weighted by Crippen LogP contribution is 2.24. The van der Waals surface area contributed by atoms with Gasteiger partial charge in [0.05, 0.1) is 19.0 Å². The number of likely N-dealkylation sites (tertiary alicyclic amines) is 1. The molecule has 0 N–H and O–H groups in total. The molecule has 1 saturated heterocycles. The summed E-state index contributed by atoms with van der Waals surface area (Å²) in [5, 5.41) is 2.08. The number of nitrogens with zero attached hydrogens (tertiary/aromatic N) is 3. The van der Waals surface area contributed by atoms with E-state index < -0.39 is 0 Å².